The molecule has 5 heteroatoms. The number of rotatable bonds is 1. The second kappa shape index (κ2) is 3.72. The summed E-state index contributed by atoms with van der Waals surface area (Å²) in [6, 6.07) is 1.09. The summed E-state index contributed by atoms with van der Waals surface area (Å²) in [7, 11) is 0. The first kappa shape index (κ1) is 9.00. The molecule has 1 aromatic rings. The van der Waals surface area contributed by atoms with E-state index in [0.29, 0.717) is 25.2 Å². The Bertz CT molecular complexity index is 381. The Hall–Kier alpha value is -1.26. The van der Waals surface area contributed by atoms with Crippen molar-refractivity contribution < 1.29 is 14.5 Å². The van der Waals surface area contributed by atoms with Crippen molar-refractivity contribution >= 4 is 5.69 Å². The first-order valence-electron chi connectivity index (χ1n) is 5.24. The summed E-state index contributed by atoms with van der Waals surface area (Å²) >= 11 is 0. The SMILES string of the molecule is [2H][C@@H]1CCN(c2cncc(C(F)(F)F)c2)C1. The van der Waals surface area contributed by atoms with Gasteiger partial charge in [0, 0.05) is 20.7 Å². The third-order valence-electron chi connectivity index (χ3n) is 2.37. The molecule has 2 nitrogen and oxygen atoms in total. The second-order valence-electron chi connectivity index (χ2n) is 3.45. The van der Waals surface area contributed by atoms with E-state index >= 15 is 0 Å². The molecule has 82 valence electrons. The molecule has 1 fully saturated rings. The summed E-state index contributed by atoms with van der Waals surface area (Å²) in [5.41, 5.74) is -0.289. The fraction of sp³-hybridized carbons (Fsp3) is 0.500. The molecule has 2 rings (SSSR count). The maximum Gasteiger partial charge on any atom is 0.417 e. The third-order valence-corrected chi connectivity index (χ3v) is 2.37. The van der Waals surface area contributed by atoms with Gasteiger partial charge < -0.3 is 4.90 Å². The maximum atomic E-state index is 12.4. The van der Waals surface area contributed by atoms with E-state index in [4.69, 9.17) is 1.37 Å². The molecule has 1 atom stereocenters. The molecule has 0 aromatic carbocycles. The van der Waals surface area contributed by atoms with Gasteiger partial charge in [0.2, 0.25) is 0 Å². The van der Waals surface area contributed by atoms with Crippen molar-refractivity contribution in [2.24, 2.45) is 0 Å². The molecule has 1 aliphatic heterocycles. The molecule has 0 saturated carbocycles. The molecule has 0 spiro atoms. The highest BCUT2D eigenvalue weighted by Gasteiger charge is 2.31. The Labute approximate surface area is 87.1 Å². The van der Waals surface area contributed by atoms with Gasteiger partial charge in [0.25, 0.3) is 0 Å². The highest BCUT2D eigenvalue weighted by Crippen LogP contribution is 2.31. The van der Waals surface area contributed by atoms with Gasteiger partial charge in [-0.2, -0.15) is 13.2 Å². The largest absolute Gasteiger partial charge is 0.417 e. The van der Waals surface area contributed by atoms with Crippen molar-refractivity contribution in [2.75, 3.05) is 18.0 Å². The molecule has 0 radical (unpaired) electrons. The Balaban J connectivity index is 2.23. The zero-order valence-corrected chi connectivity index (χ0v) is 7.96. The normalized spacial score (nSPS) is 23.0. The molecular weight excluding hydrogens is 205 g/mol. The Morgan fingerprint density at radius 3 is 2.73 bits per heavy atom. The van der Waals surface area contributed by atoms with Gasteiger partial charge >= 0.3 is 6.18 Å². The van der Waals surface area contributed by atoms with Gasteiger partial charge in [-0.15, -0.1) is 0 Å². The number of pyridine rings is 1. The maximum absolute atomic E-state index is 12.4. The van der Waals surface area contributed by atoms with Gasteiger partial charge in [-0.05, 0) is 18.9 Å². The minimum absolute atomic E-state index is 0.213. The van der Waals surface area contributed by atoms with Crippen molar-refractivity contribution in [3.05, 3.63) is 24.0 Å². The van der Waals surface area contributed by atoms with E-state index in [2.05, 4.69) is 4.98 Å². The standard InChI is InChI=1S/C10H11F3N2/c11-10(12,13)8-5-9(7-14-6-8)15-3-1-2-4-15/h5-7H,1-4H2/i1D/t1-/m1/s1. The predicted molar refractivity (Wildman–Crippen MR) is 50.7 cm³/mol. The number of hydrogen-bond acceptors (Lipinski definition) is 2. The second-order valence-corrected chi connectivity index (χ2v) is 3.45. The zero-order valence-electron chi connectivity index (χ0n) is 8.96. The van der Waals surface area contributed by atoms with Crippen LogP contribution in [0.3, 0.4) is 0 Å². The molecule has 0 unspecified atom stereocenters. The van der Waals surface area contributed by atoms with Crippen LogP contribution >= 0.6 is 0 Å². The lowest BCUT2D eigenvalue weighted by Crippen LogP contribution is -2.18. The van der Waals surface area contributed by atoms with E-state index in [0.717, 1.165) is 12.3 Å². The molecule has 0 amide bonds. The van der Waals surface area contributed by atoms with Crippen LogP contribution in [0.4, 0.5) is 18.9 Å². The lowest BCUT2D eigenvalue weighted by molar-refractivity contribution is -0.137. The van der Waals surface area contributed by atoms with Crippen LogP contribution in [0.2, 0.25) is 0 Å². The molecule has 2 heterocycles. The molecular formula is C10H11F3N2. The highest BCUT2D eigenvalue weighted by atomic mass is 19.4. The van der Waals surface area contributed by atoms with Crippen molar-refractivity contribution in [3.63, 3.8) is 0 Å². The average molecular weight is 217 g/mol. The van der Waals surface area contributed by atoms with Crippen LogP contribution in [0, 0.1) is 0 Å². The Morgan fingerprint density at radius 2 is 2.13 bits per heavy atom. The van der Waals surface area contributed by atoms with E-state index in [1.165, 1.54) is 6.20 Å². The monoisotopic (exact) mass is 217 g/mol. The molecule has 1 saturated heterocycles. The molecule has 0 N–H and O–H groups in total. The van der Waals surface area contributed by atoms with Crippen molar-refractivity contribution in [1.82, 2.24) is 4.98 Å². The van der Waals surface area contributed by atoms with E-state index in [9.17, 15) is 13.2 Å². The molecule has 15 heavy (non-hydrogen) atoms. The fourth-order valence-corrected chi connectivity index (χ4v) is 1.58. The van der Waals surface area contributed by atoms with E-state index in [-0.39, 0.29) is 6.40 Å². The summed E-state index contributed by atoms with van der Waals surface area (Å²) in [6.45, 7) is 1.10. The van der Waals surface area contributed by atoms with Crippen LogP contribution < -0.4 is 4.90 Å². The van der Waals surface area contributed by atoms with Gasteiger partial charge in [-0.3, -0.25) is 4.98 Å². The molecule has 0 bridgehead atoms. The van der Waals surface area contributed by atoms with Crippen molar-refractivity contribution in [1.29, 1.82) is 0 Å². The van der Waals surface area contributed by atoms with Gasteiger partial charge in [-0.25, -0.2) is 0 Å². The lowest BCUT2D eigenvalue weighted by Gasteiger charge is -2.18. The van der Waals surface area contributed by atoms with Crippen LogP contribution in [0.5, 0.6) is 0 Å². The lowest BCUT2D eigenvalue weighted by atomic mass is 10.2. The minimum atomic E-state index is -4.36. The smallest absolute Gasteiger partial charge is 0.370 e. The summed E-state index contributed by atoms with van der Waals surface area (Å²) < 4.78 is 44.8. The van der Waals surface area contributed by atoms with Crippen molar-refractivity contribution in [3.8, 4) is 0 Å². The van der Waals surface area contributed by atoms with E-state index in [1.54, 1.807) is 4.90 Å². The fourth-order valence-electron chi connectivity index (χ4n) is 1.58. The van der Waals surface area contributed by atoms with Crippen LogP contribution in [0.15, 0.2) is 18.5 Å². The summed E-state index contributed by atoms with van der Waals surface area (Å²) in [5, 5.41) is 0. The average Bonchev–Trinajstić information content (AvgIpc) is 2.64. The van der Waals surface area contributed by atoms with Gasteiger partial charge in [-0.1, -0.05) is 0 Å². The molecule has 1 aliphatic rings. The highest BCUT2D eigenvalue weighted by molar-refractivity contribution is 5.47. The summed E-state index contributed by atoms with van der Waals surface area (Å²) in [4.78, 5) is 5.36. The number of anilines is 1. The number of nitrogens with zero attached hydrogens (tertiary/aromatic N) is 2. The third kappa shape index (κ3) is 2.22. The topological polar surface area (TPSA) is 16.1 Å². The van der Waals surface area contributed by atoms with Gasteiger partial charge in [0.05, 0.1) is 17.4 Å². The Kier molecular flexibility index (Phi) is 2.23. The Morgan fingerprint density at radius 1 is 1.33 bits per heavy atom. The quantitative estimate of drug-likeness (QED) is 0.719. The van der Waals surface area contributed by atoms with Crippen LogP contribution in [0.25, 0.3) is 0 Å². The number of alkyl halides is 3. The minimum Gasteiger partial charge on any atom is -0.370 e. The van der Waals surface area contributed by atoms with E-state index < -0.39 is 11.7 Å². The number of aromatic nitrogens is 1. The van der Waals surface area contributed by atoms with Gasteiger partial charge in [0.1, 0.15) is 0 Å². The number of hydrogen-bond donors (Lipinski definition) is 0. The molecule has 0 aliphatic carbocycles. The number of halogens is 3. The first-order chi connectivity index (χ1) is 7.47. The predicted octanol–water partition coefficient (Wildman–Crippen LogP) is 2.70. The van der Waals surface area contributed by atoms with Gasteiger partial charge in [0.15, 0.2) is 0 Å². The molecule has 1 aromatic heterocycles. The van der Waals surface area contributed by atoms with Crippen LogP contribution in [-0.4, -0.2) is 18.1 Å². The van der Waals surface area contributed by atoms with Crippen molar-refractivity contribution in [2.45, 2.75) is 19.0 Å². The zero-order chi connectivity index (χ0) is 11.8. The van der Waals surface area contributed by atoms with Crippen LogP contribution in [0.1, 0.15) is 19.8 Å². The van der Waals surface area contributed by atoms with E-state index in [1.807, 2.05) is 0 Å². The summed E-state index contributed by atoms with van der Waals surface area (Å²) in [6.07, 6.45) is -1.65. The summed E-state index contributed by atoms with van der Waals surface area (Å²) in [5.74, 6) is 0. The first-order valence-corrected chi connectivity index (χ1v) is 4.66. The van der Waals surface area contributed by atoms with Crippen LogP contribution in [-0.2, 0) is 6.18 Å².